The average Bonchev–Trinajstić information content (AvgIpc) is 2.45. The fraction of sp³-hybridized carbons (Fsp3) is 0.368. The number of Topliss-reactive ketones (excluding diaryl/α,β-unsaturated/α-hetero) is 1. The Labute approximate surface area is 155 Å². The van der Waals surface area contributed by atoms with Crippen LogP contribution in [0.4, 0.5) is 0 Å². The van der Waals surface area contributed by atoms with Crippen LogP contribution in [-0.4, -0.2) is 28.9 Å². The van der Waals surface area contributed by atoms with Gasteiger partial charge in [0.1, 0.15) is 6.42 Å². The molecule has 0 aliphatic heterocycles. The van der Waals surface area contributed by atoms with Crippen molar-refractivity contribution in [3.63, 3.8) is 0 Å². The van der Waals surface area contributed by atoms with Gasteiger partial charge in [-0.2, -0.15) is 0 Å². The number of benzene rings is 2. The second-order valence-electron chi connectivity index (χ2n) is 5.86. The summed E-state index contributed by atoms with van der Waals surface area (Å²) in [4.78, 5) is 22.2. The minimum absolute atomic E-state index is 0. The third-order valence-electron chi connectivity index (χ3n) is 3.00. The van der Waals surface area contributed by atoms with Crippen molar-refractivity contribution in [2.75, 3.05) is 0 Å². The molecule has 24 heavy (non-hydrogen) atoms. The van der Waals surface area contributed by atoms with Crippen molar-refractivity contribution in [1.82, 2.24) is 0 Å². The second kappa shape index (κ2) is 11.0. The van der Waals surface area contributed by atoms with E-state index in [1.54, 1.807) is 12.1 Å². The molecule has 5 heteroatoms. The van der Waals surface area contributed by atoms with Crippen molar-refractivity contribution in [3.8, 4) is 0 Å². The van der Waals surface area contributed by atoms with E-state index in [2.05, 4.69) is 33.0 Å². The molecule has 2 aromatic rings. The molecule has 4 nitrogen and oxygen atoms in total. The number of hydrogen-bond donors (Lipinski definition) is 1. The molecule has 0 bridgehead atoms. The topological polar surface area (TPSA) is 68.5 Å². The van der Waals surface area contributed by atoms with Crippen molar-refractivity contribution in [1.29, 1.82) is 0 Å². The van der Waals surface area contributed by atoms with Crippen LogP contribution in [0.25, 0.3) is 16.1 Å². The summed E-state index contributed by atoms with van der Waals surface area (Å²) < 4.78 is 0. The first-order valence-corrected chi connectivity index (χ1v) is 7.74. The minimum atomic E-state index is -1.10. The molecule has 0 spiro atoms. The number of carbonyl (C=O) groups excluding carboxylic acids is 1. The van der Waals surface area contributed by atoms with Crippen molar-refractivity contribution in [3.05, 3.63) is 53.3 Å². The van der Waals surface area contributed by atoms with Crippen molar-refractivity contribution >= 4 is 22.5 Å². The maximum absolute atomic E-state index is 11.7. The summed E-state index contributed by atoms with van der Waals surface area (Å²) in [5.74, 6) is -1.46. The first kappa shape index (κ1) is 22.4. The molecule has 0 aromatic heterocycles. The quantitative estimate of drug-likeness (QED) is 0.517. The predicted molar refractivity (Wildman–Crippen MR) is 94.2 cm³/mol. The Morgan fingerprint density at radius 3 is 2.00 bits per heavy atom. The number of nitrogens with zero attached hydrogens (tertiary/aromatic N) is 1. The molecule has 124 valence electrons. The van der Waals surface area contributed by atoms with Gasteiger partial charge in [-0.3, -0.25) is 9.59 Å². The van der Waals surface area contributed by atoms with Crippen molar-refractivity contribution in [2.24, 2.45) is 0 Å². The van der Waals surface area contributed by atoms with E-state index in [0.717, 1.165) is 10.8 Å². The standard InChI is InChI=1S/C13H10O3.C6H14N.Li/c14-12(8-13(15)16)11-7-3-5-9-4-1-2-6-10(9)11;1-5(2)7-6(3)4;/h1-7H,8H2,(H,15,16);5-6H,1-4H3;/q;-1;+1. The van der Waals surface area contributed by atoms with Gasteiger partial charge in [-0.15, -0.1) is 12.1 Å². The molecular formula is C19H24LiNO3. The summed E-state index contributed by atoms with van der Waals surface area (Å²) in [5, 5.41) is 14.6. The van der Waals surface area contributed by atoms with Crippen LogP contribution in [0.2, 0.25) is 0 Å². The molecule has 0 unspecified atom stereocenters. The normalized spacial score (nSPS) is 10.1. The number of rotatable bonds is 5. The number of hydrogen-bond acceptors (Lipinski definition) is 2. The predicted octanol–water partition coefficient (Wildman–Crippen LogP) is 1.68. The molecule has 0 heterocycles. The van der Waals surface area contributed by atoms with E-state index >= 15 is 0 Å². The fourth-order valence-electron chi connectivity index (χ4n) is 2.30. The summed E-state index contributed by atoms with van der Waals surface area (Å²) in [5.41, 5.74) is 0.473. The van der Waals surface area contributed by atoms with Crippen LogP contribution in [0.3, 0.4) is 0 Å². The summed E-state index contributed by atoms with van der Waals surface area (Å²) in [7, 11) is 0. The molecule has 0 saturated carbocycles. The molecule has 0 amide bonds. The Balaban J connectivity index is 0.000000570. The van der Waals surface area contributed by atoms with Gasteiger partial charge in [0.25, 0.3) is 0 Å². The molecule has 1 N–H and O–H groups in total. The average molecular weight is 321 g/mol. The largest absolute Gasteiger partial charge is 1.00 e. The maximum Gasteiger partial charge on any atom is 1.00 e. The summed E-state index contributed by atoms with van der Waals surface area (Å²) in [6.07, 6.45) is -0.464. The number of carbonyl (C=O) groups is 2. The van der Waals surface area contributed by atoms with Crippen LogP contribution in [0, 0.1) is 0 Å². The van der Waals surface area contributed by atoms with Crippen molar-refractivity contribution in [2.45, 2.75) is 46.2 Å². The molecular weight excluding hydrogens is 297 g/mol. The van der Waals surface area contributed by atoms with Crippen LogP contribution in [-0.2, 0) is 4.79 Å². The van der Waals surface area contributed by atoms with E-state index in [0.29, 0.717) is 17.6 Å². The Morgan fingerprint density at radius 2 is 1.50 bits per heavy atom. The first-order valence-electron chi connectivity index (χ1n) is 7.74. The smallest absolute Gasteiger partial charge is 0.658 e. The molecule has 0 radical (unpaired) electrons. The first-order chi connectivity index (χ1) is 10.8. The number of aliphatic carboxylic acids is 1. The molecule has 0 atom stereocenters. The Kier molecular flexibility index (Phi) is 10.3. The summed E-state index contributed by atoms with van der Waals surface area (Å²) >= 11 is 0. The van der Waals surface area contributed by atoms with E-state index in [4.69, 9.17) is 5.11 Å². The van der Waals surface area contributed by atoms with Gasteiger partial charge in [0.05, 0.1) is 0 Å². The van der Waals surface area contributed by atoms with Gasteiger partial charge in [0.15, 0.2) is 5.78 Å². The monoisotopic (exact) mass is 321 g/mol. The third kappa shape index (κ3) is 7.79. The van der Waals surface area contributed by atoms with Gasteiger partial charge >= 0.3 is 24.8 Å². The number of ketones is 1. The van der Waals surface area contributed by atoms with Gasteiger partial charge in [-0.05, 0) is 10.8 Å². The molecule has 2 aromatic carbocycles. The summed E-state index contributed by atoms with van der Waals surface area (Å²) in [6, 6.07) is 13.8. The fourth-order valence-corrected chi connectivity index (χ4v) is 2.30. The van der Waals surface area contributed by atoms with E-state index < -0.39 is 12.4 Å². The van der Waals surface area contributed by atoms with E-state index in [9.17, 15) is 9.59 Å². The van der Waals surface area contributed by atoms with Crippen LogP contribution in [0.1, 0.15) is 44.5 Å². The van der Waals surface area contributed by atoms with Crippen LogP contribution >= 0.6 is 0 Å². The second-order valence-corrected chi connectivity index (χ2v) is 5.86. The van der Waals surface area contributed by atoms with E-state index in [1.165, 1.54) is 0 Å². The SMILES string of the molecule is CC(C)[N-]C(C)C.O=C(O)CC(=O)c1cccc2ccccc12.[Li+]. The van der Waals surface area contributed by atoms with Crippen LogP contribution in [0.5, 0.6) is 0 Å². The number of carboxylic acids is 1. The van der Waals surface area contributed by atoms with E-state index in [1.807, 2.05) is 30.3 Å². The zero-order valence-electron chi connectivity index (χ0n) is 15.1. The number of fused-ring (bicyclic) bond motifs is 1. The van der Waals surface area contributed by atoms with Gasteiger partial charge < -0.3 is 10.4 Å². The zero-order valence-corrected chi connectivity index (χ0v) is 15.1. The molecule has 2 rings (SSSR count). The Bertz CT molecular complexity index is 657. The molecule has 0 fully saturated rings. The van der Waals surface area contributed by atoms with Crippen LogP contribution in [0.15, 0.2) is 42.5 Å². The van der Waals surface area contributed by atoms with Crippen LogP contribution < -0.4 is 18.9 Å². The third-order valence-corrected chi connectivity index (χ3v) is 3.00. The van der Waals surface area contributed by atoms with Gasteiger partial charge in [-0.1, -0.05) is 70.2 Å². The van der Waals surface area contributed by atoms with Crippen molar-refractivity contribution < 1.29 is 33.6 Å². The molecule has 0 saturated heterocycles. The minimum Gasteiger partial charge on any atom is -0.658 e. The summed E-state index contributed by atoms with van der Waals surface area (Å²) in [6.45, 7) is 8.39. The maximum atomic E-state index is 11.7. The van der Waals surface area contributed by atoms with E-state index in [-0.39, 0.29) is 24.6 Å². The molecule has 0 aliphatic carbocycles. The Hall–Kier alpha value is -1.60. The Morgan fingerprint density at radius 1 is 0.958 bits per heavy atom. The zero-order chi connectivity index (χ0) is 17.4. The van der Waals surface area contributed by atoms with Gasteiger partial charge in [-0.25, -0.2) is 0 Å². The molecule has 0 aliphatic rings. The van der Waals surface area contributed by atoms with Gasteiger partial charge in [0.2, 0.25) is 0 Å². The number of carboxylic acid groups (broad SMARTS) is 1. The van der Waals surface area contributed by atoms with Gasteiger partial charge in [0, 0.05) is 5.56 Å².